The summed E-state index contributed by atoms with van der Waals surface area (Å²) in [5.41, 5.74) is 1.97. The SMILES string of the molecule is CCOc1ccc(-n2nnnc2CNC(=O)NCCc2ccccc2)cc1. The maximum absolute atomic E-state index is 12.0. The molecular weight excluding hydrogens is 344 g/mol. The summed E-state index contributed by atoms with van der Waals surface area (Å²) in [4.78, 5) is 12.0. The molecule has 0 aliphatic heterocycles. The highest BCUT2D eigenvalue weighted by atomic mass is 16.5. The molecule has 0 atom stereocenters. The van der Waals surface area contributed by atoms with Gasteiger partial charge in [0.05, 0.1) is 18.8 Å². The lowest BCUT2D eigenvalue weighted by Crippen LogP contribution is -2.36. The average molecular weight is 366 g/mol. The number of nitrogens with zero attached hydrogens (tertiary/aromatic N) is 4. The lowest BCUT2D eigenvalue weighted by atomic mass is 10.1. The molecular formula is C19H22N6O2. The molecule has 0 saturated carbocycles. The van der Waals surface area contributed by atoms with Crippen LogP contribution in [0.4, 0.5) is 4.79 Å². The molecule has 3 aromatic rings. The van der Waals surface area contributed by atoms with Gasteiger partial charge in [-0.05, 0) is 53.6 Å². The summed E-state index contributed by atoms with van der Waals surface area (Å²) in [5, 5.41) is 17.3. The predicted molar refractivity (Wildman–Crippen MR) is 101 cm³/mol. The molecule has 2 amide bonds. The van der Waals surface area contributed by atoms with E-state index in [0.717, 1.165) is 17.9 Å². The summed E-state index contributed by atoms with van der Waals surface area (Å²) < 4.78 is 7.01. The number of amides is 2. The Hall–Kier alpha value is -3.42. The van der Waals surface area contributed by atoms with Gasteiger partial charge in [-0.2, -0.15) is 4.68 Å². The number of hydrogen-bond donors (Lipinski definition) is 2. The minimum absolute atomic E-state index is 0.220. The Bertz CT molecular complexity index is 848. The third-order valence-electron chi connectivity index (χ3n) is 3.88. The van der Waals surface area contributed by atoms with E-state index in [-0.39, 0.29) is 12.6 Å². The van der Waals surface area contributed by atoms with Crippen LogP contribution in [0.25, 0.3) is 5.69 Å². The van der Waals surface area contributed by atoms with Gasteiger partial charge in [-0.1, -0.05) is 30.3 Å². The Labute approximate surface area is 157 Å². The molecule has 1 aromatic heterocycles. The van der Waals surface area contributed by atoms with Crippen LogP contribution in [-0.2, 0) is 13.0 Å². The maximum atomic E-state index is 12.0. The molecule has 0 bridgehead atoms. The Kier molecular flexibility index (Phi) is 6.35. The molecule has 3 rings (SSSR count). The molecule has 0 saturated heterocycles. The highest BCUT2D eigenvalue weighted by Gasteiger charge is 2.10. The van der Waals surface area contributed by atoms with Gasteiger partial charge in [0.1, 0.15) is 5.75 Å². The number of aromatic nitrogens is 4. The number of rotatable bonds is 8. The molecule has 1 heterocycles. The highest BCUT2D eigenvalue weighted by molar-refractivity contribution is 5.73. The van der Waals surface area contributed by atoms with Crippen molar-refractivity contribution in [3.8, 4) is 11.4 Å². The lowest BCUT2D eigenvalue weighted by Gasteiger charge is -2.09. The number of hydrogen-bond acceptors (Lipinski definition) is 5. The first kappa shape index (κ1) is 18.4. The van der Waals surface area contributed by atoms with Crippen LogP contribution in [0.3, 0.4) is 0 Å². The van der Waals surface area contributed by atoms with Crippen molar-refractivity contribution in [1.82, 2.24) is 30.8 Å². The average Bonchev–Trinajstić information content (AvgIpc) is 3.17. The fraction of sp³-hybridized carbons (Fsp3) is 0.263. The van der Waals surface area contributed by atoms with Gasteiger partial charge in [-0.15, -0.1) is 5.10 Å². The van der Waals surface area contributed by atoms with E-state index in [1.54, 1.807) is 4.68 Å². The number of carbonyl (C=O) groups is 1. The molecule has 8 nitrogen and oxygen atoms in total. The maximum Gasteiger partial charge on any atom is 0.315 e. The molecule has 0 radical (unpaired) electrons. The van der Waals surface area contributed by atoms with E-state index in [4.69, 9.17) is 4.74 Å². The lowest BCUT2D eigenvalue weighted by molar-refractivity contribution is 0.240. The van der Waals surface area contributed by atoms with E-state index < -0.39 is 0 Å². The quantitative estimate of drug-likeness (QED) is 0.637. The normalized spacial score (nSPS) is 10.4. The molecule has 2 N–H and O–H groups in total. The minimum atomic E-state index is -0.257. The van der Waals surface area contributed by atoms with Crippen LogP contribution in [0.15, 0.2) is 54.6 Å². The first-order valence-electron chi connectivity index (χ1n) is 8.82. The molecule has 8 heteroatoms. The zero-order chi connectivity index (χ0) is 18.9. The summed E-state index contributed by atoms with van der Waals surface area (Å²) >= 11 is 0. The molecule has 0 aliphatic rings. The van der Waals surface area contributed by atoms with E-state index in [1.165, 1.54) is 5.56 Å². The Morgan fingerprint density at radius 3 is 2.59 bits per heavy atom. The van der Waals surface area contributed by atoms with Gasteiger partial charge in [0.15, 0.2) is 5.82 Å². The first-order valence-corrected chi connectivity index (χ1v) is 8.82. The van der Waals surface area contributed by atoms with Crippen molar-refractivity contribution in [3.63, 3.8) is 0 Å². The monoisotopic (exact) mass is 366 g/mol. The van der Waals surface area contributed by atoms with E-state index in [1.807, 2.05) is 61.5 Å². The van der Waals surface area contributed by atoms with Crippen LogP contribution < -0.4 is 15.4 Å². The molecule has 0 aliphatic carbocycles. The van der Waals surface area contributed by atoms with Gasteiger partial charge < -0.3 is 15.4 Å². The van der Waals surface area contributed by atoms with Gasteiger partial charge in [0.2, 0.25) is 0 Å². The van der Waals surface area contributed by atoms with Gasteiger partial charge >= 0.3 is 6.03 Å². The number of nitrogens with one attached hydrogen (secondary N) is 2. The van der Waals surface area contributed by atoms with Crippen molar-refractivity contribution in [2.45, 2.75) is 19.9 Å². The number of carbonyl (C=O) groups excluding carboxylic acids is 1. The standard InChI is InChI=1S/C19H22N6O2/c1-2-27-17-10-8-16(9-11-17)25-18(22-23-24-25)14-21-19(26)20-13-12-15-6-4-3-5-7-15/h3-11H,2,12-14H2,1H3,(H2,20,21,26). The third kappa shape index (κ3) is 5.27. The van der Waals surface area contributed by atoms with Crippen molar-refractivity contribution >= 4 is 6.03 Å². The summed E-state index contributed by atoms with van der Waals surface area (Å²) in [5.74, 6) is 1.32. The van der Waals surface area contributed by atoms with E-state index in [9.17, 15) is 4.79 Å². The topological polar surface area (TPSA) is 94.0 Å². The van der Waals surface area contributed by atoms with Crippen molar-refractivity contribution in [2.24, 2.45) is 0 Å². The second kappa shape index (κ2) is 9.33. The van der Waals surface area contributed by atoms with Crippen LogP contribution in [0.2, 0.25) is 0 Å². The van der Waals surface area contributed by atoms with Crippen molar-refractivity contribution in [1.29, 1.82) is 0 Å². The highest BCUT2D eigenvalue weighted by Crippen LogP contribution is 2.15. The molecule has 27 heavy (non-hydrogen) atoms. The Morgan fingerprint density at radius 1 is 1.07 bits per heavy atom. The van der Waals surface area contributed by atoms with E-state index >= 15 is 0 Å². The zero-order valence-electron chi connectivity index (χ0n) is 15.1. The predicted octanol–water partition coefficient (Wildman–Crippen LogP) is 2.10. The zero-order valence-corrected chi connectivity index (χ0v) is 15.1. The third-order valence-corrected chi connectivity index (χ3v) is 3.88. The van der Waals surface area contributed by atoms with Gasteiger partial charge in [0.25, 0.3) is 0 Å². The summed E-state index contributed by atoms with van der Waals surface area (Å²) in [6.07, 6.45) is 0.776. The molecule has 2 aromatic carbocycles. The number of benzene rings is 2. The Morgan fingerprint density at radius 2 is 1.85 bits per heavy atom. The number of urea groups is 1. The van der Waals surface area contributed by atoms with Crippen LogP contribution in [0.1, 0.15) is 18.3 Å². The van der Waals surface area contributed by atoms with Crippen molar-refractivity contribution < 1.29 is 9.53 Å². The van der Waals surface area contributed by atoms with Gasteiger partial charge in [0, 0.05) is 6.54 Å². The number of ether oxygens (including phenoxy) is 1. The van der Waals surface area contributed by atoms with Crippen LogP contribution >= 0.6 is 0 Å². The largest absolute Gasteiger partial charge is 0.494 e. The minimum Gasteiger partial charge on any atom is -0.494 e. The summed E-state index contributed by atoms with van der Waals surface area (Å²) in [6, 6.07) is 17.2. The smallest absolute Gasteiger partial charge is 0.315 e. The summed E-state index contributed by atoms with van der Waals surface area (Å²) in [7, 11) is 0. The molecule has 0 spiro atoms. The summed E-state index contributed by atoms with van der Waals surface area (Å²) in [6.45, 7) is 3.32. The number of tetrazole rings is 1. The van der Waals surface area contributed by atoms with Gasteiger partial charge in [-0.3, -0.25) is 0 Å². The fourth-order valence-electron chi connectivity index (χ4n) is 2.55. The van der Waals surface area contributed by atoms with Crippen LogP contribution in [0.5, 0.6) is 5.75 Å². The molecule has 0 unspecified atom stereocenters. The van der Waals surface area contributed by atoms with Crippen LogP contribution in [0, 0.1) is 0 Å². The van der Waals surface area contributed by atoms with Crippen molar-refractivity contribution in [3.05, 3.63) is 66.0 Å². The second-order valence-corrected chi connectivity index (χ2v) is 5.78. The molecule has 0 fully saturated rings. The van der Waals surface area contributed by atoms with E-state index in [2.05, 4.69) is 26.2 Å². The van der Waals surface area contributed by atoms with Gasteiger partial charge in [-0.25, -0.2) is 4.79 Å². The van der Waals surface area contributed by atoms with Crippen molar-refractivity contribution in [2.75, 3.05) is 13.2 Å². The molecule has 140 valence electrons. The van der Waals surface area contributed by atoms with E-state index in [0.29, 0.717) is 19.0 Å². The fourth-order valence-corrected chi connectivity index (χ4v) is 2.55. The second-order valence-electron chi connectivity index (χ2n) is 5.78. The Balaban J connectivity index is 1.50. The van der Waals surface area contributed by atoms with Crippen LogP contribution in [-0.4, -0.2) is 39.4 Å². The first-order chi connectivity index (χ1) is 13.3.